The normalized spacial score (nSPS) is 58.2. The fraction of sp³-hybridized carbons (Fsp3) is 1.00. The molecule has 0 aromatic heterocycles. The minimum atomic E-state index is -2.02. The van der Waals surface area contributed by atoms with E-state index in [-0.39, 0.29) is 22.9 Å². The zero-order valence-electron chi connectivity index (χ0n) is 42.0. The van der Waals surface area contributed by atoms with E-state index in [4.69, 9.17) is 47.4 Å². The maximum atomic E-state index is 12.0. The van der Waals surface area contributed by atoms with Crippen LogP contribution in [-0.2, 0) is 47.4 Å². The van der Waals surface area contributed by atoms with Gasteiger partial charge in [-0.2, -0.15) is 0 Å². The molecule has 0 aromatic carbocycles. The van der Waals surface area contributed by atoms with Crippen LogP contribution in [0.15, 0.2) is 0 Å². The Balaban J connectivity index is 0.824. The number of ether oxygens (including phenoxy) is 10. The number of hydrogen-bond donors (Lipinski definition) is 13. The molecule has 10 aliphatic rings. The molecule has 0 radical (unpaired) electrons. The molecule has 4 saturated carbocycles. The van der Waals surface area contributed by atoms with Crippen LogP contribution in [0.2, 0.25) is 0 Å². The minimum absolute atomic E-state index is 0.130. The van der Waals surface area contributed by atoms with E-state index in [0.717, 1.165) is 51.6 Å². The van der Waals surface area contributed by atoms with Crippen LogP contribution in [0.4, 0.5) is 0 Å². The van der Waals surface area contributed by atoms with Crippen LogP contribution >= 0.6 is 0 Å². The van der Waals surface area contributed by atoms with Gasteiger partial charge >= 0.3 is 0 Å². The smallest absolute Gasteiger partial charge is 0.187 e. The topological polar surface area (TPSA) is 355 Å². The maximum Gasteiger partial charge on any atom is 0.187 e. The highest BCUT2D eigenvalue weighted by molar-refractivity contribution is 5.16. The van der Waals surface area contributed by atoms with Crippen molar-refractivity contribution in [1.29, 1.82) is 0 Å². The monoisotopic (exact) mass is 1050 g/mol. The third kappa shape index (κ3) is 9.49. The van der Waals surface area contributed by atoms with E-state index < -0.39 is 161 Å². The fourth-order valence-corrected chi connectivity index (χ4v) is 15.9. The number of fused-ring (bicyclic) bond motifs is 7. The Morgan fingerprint density at radius 1 is 0.521 bits per heavy atom. The average molecular weight is 1050 g/mol. The summed E-state index contributed by atoms with van der Waals surface area (Å²) < 4.78 is 61.1. The summed E-state index contributed by atoms with van der Waals surface area (Å²) in [5.74, 6) is 2.34. The second-order valence-corrected chi connectivity index (χ2v) is 24.0. The van der Waals surface area contributed by atoms with Crippen molar-refractivity contribution in [3.63, 3.8) is 0 Å². The summed E-state index contributed by atoms with van der Waals surface area (Å²) in [6.45, 7) is 7.02. The van der Waals surface area contributed by atoms with Crippen LogP contribution in [-0.4, -0.2) is 240 Å². The Kier molecular flexibility index (Phi) is 16.1. The van der Waals surface area contributed by atoms with Crippen molar-refractivity contribution in [2.24, 2.45) is 52.3 Å². The van der Waals surface area contributed by atoms with Gasteiger partial charge in [-0.1, -0.05) is 27.7 Å². The molecule has 23 nitrogen and oxygen atoms in total. The van der Waals surface area contributed by atoms with Crippen LogP contribution in [0, 0.1) is 52.3 Å². The van der Waals surface area contributed by atoms with E-state index in [2.05, 4.69) is 27.7 Å². The standard InChI is InChI=1S/C50H82O23/c1-19-7-10-50(65-17-19)20(2)32-28(73-50)12-24-22-6-5-21-11-27(25(54)13-49(21,4)23(22)8-9-48(24,32)3)66-45-40(63)37(60)41(31(16-53)69-45)70-47-43(72-46-39(62)36(59)34(57)29(14-51)67-46)42(35(58)30(15-52)68-47)71-44-38(61)33(56)26(55)18-64-44/h19-47,51-63H,5-18H2,1-4H3/t19?,20?,21?,22-,23?,24?,25?,26-,27-,28?,29-,30?,31-,32?,33?,34?,35-,36+,37-,38-,39?,40?,41+,42?,43-,44+,45?,46?,47+,48+,49+,50-/m1/s1. The lowest BCUT2D eigenvalue weighted by molar-refractivity contribution is -0.404. The minimum Gasteiger partial charge on any atom is -0.394 e. The van der Waals surface area contributed by atoms with Crippen molar-refractivity contribution < 1.29 is 114 Å². The van der Waals surface area contributed by atoms with E-state index in [1.807, 2.05) is 0 Å². The molecule has 13 N–H and O–H groups in total. The third-order valence-corrected chi connectivity index (χ3v) is 20.0. The molecule has 16 unspecified atom stereocenters. The Hall–Kier alpha value is -0.920. The lowest BCUT2D eigenvalue weighted by Crippen LogP contribution is -2.68. The van der Waals surface area contributed by atoms with Crippen molar-refractivity contribution in [3.8, 4) is 0 Å². The number of rotatable bonds is 11. The predicted octanol–water partition coefficient (Wildman–Crippen LogP) is -3.30. The van der Waals surface area contributed by atoms with Gasteiger partial charge < -0.3 is 114 Å². The molecule has 73 heavy (non-hydrogen) atoms. The van der Waals surface area contributed by atoms with E-state index in [0.29, 0.717) is 48.3 Å². The molecule has 4 aliphatic carbocycles. The van der Waals surface area contributed by atoms with Gasteiger partial charge in [0.1, 0.15) is 91.6 Å². The highest BCUT2D eigenvalue weighted by Gasteiger charge is 2.70. The van der Waals surface area contributed by atoms with E-state index >= 15 is 0 Å². The van der Waals surface area contributed by atoms with Crippen LogP contribution in [0.5, 0.6) is 0 Å². The first-order valence-electron chi connectivity index (χ1n) is 26.8. The second-order valence-electron chi connectivity index (χ2n) is 24.0. The molecular weight excluding hydrogens is 969 g/mol. The average Bonchev–Trinajstić information content (AvgIpc) is 3.82. The summed E-state index contributed by atoms with van der Waals surface area (Å²) in [5, 5.41) is 141. The van der Waals surface area contributed by atoms with E-state index in [1.165, 1.54) is 0 Å². The highest BCUT2D eigenvalue weighted by Crippen LogP contribution is 2.71. The quantitative estimate of drug-likeness (QED) is 0.0902. The van der Waals surface area contributed by atoms with Gasteiger partial charge in [-0.25, -0.2) is 0 Å². The summed E-state index contributed by atoms with van der Waals surface area (Å²) in [4.78, 5) is 0. The maximum absolute atomic E-state index is 12.0. The molecule has 420 valence electrons. The summed E-state index contributed by atoms with van der Waals surface area (Å²) in [5.41, 5.74) is -0.0565. The summed E-state index contributed by atoms with van der Waals surface area (Å²) in [6.07, 6.45) is -27.2. The van der Waals surface area contributed by atoms with Crippen LogP contribution in [0.1, 0.15) is 85.5 Å². The molecule has 6 heterocycles. The zero-order chi connectivity index (χ0) is 52.2. The van der Waals surface area contributed by atoms with Gasteiger partial charge in [-0.3, -0.25) is 0 Å². The van der Waals surface area contributed by atoms with Crippen LogP contribution < -0.4 is 0 Å². The van der Waals surface area contributed by atoms with Gasteiger partial charge in [0, 0.05) is 12.3 Å². The lowest BCUT2D eigenvalue weighted by atomic mass is 9.44. The Morgan fingerprint density at radius 3 is 1.85 bits per heavy atom. The third-order valence-electron chi connectivity index (χ3n) is 20.0. The largest absolute Gasteiger partial charge is 0.394 e. The summed E-state index contributed by atoms with van der Waals surface area (Å²) in [7, 11) is 0. The lowest BCUT2D eigenvalue weighted by Gasteiger charge is -2.62. The van der Waals surface area contributed by atoms with Crippen molar-refractivity contribution >= 4 is 0 Å². The zero-order valence-corrected chi connectivity index (χ0v) is 42.0. The van der Waals surface area contributed by atoms with Gasteiger partial charge in [0.05, 0.1) is 51.3 Å². The molecule has 32 atom stereocenters. The first-order chi connectivity index (χ1) is 34.7. The molecule has 6 aliphatic heterocycles. The Labute approximate surface area is 424 Å². The molecule has 6 saturated heterocycles. The molecular formula is C50H82O23. The molecule has 10 rings (SSSR count). The first kappa shape index (κ1) is 55.4. The van der Waals surface area contributed by atoms with Crippen molar-refractivity contribution in [1.82, 2.24) is 0 Å². The van der Waals surface area contributed by atoms with E-state index in [1.54, 1.807) is 0 Å². The number of aliphatic hydroxyl groups excluding tert-OH is 13. The molecule has 1 spiro atoms. The molecule has 0 bridgehead atoms. The van der Waals surface area contributed by atoms with Gasteiger partial charge in [-0.15, -0.1) is 0 Å². The van der Waals surface area contributed by atoms with Crippen molar-refractivity contribution in [2.45, 2.75) is 226 Å². The van der Waals surface area contributed by atoms with E-state index in [9.17, 15) is 66.4 Å². The first-order valence-corrected chi connectivity index (χ1v) is 26.8. The van der Waals surface area contributed by atoms with Gasteiger partial charge in [0.15, 0.2) is 30.9 Å². The van der Waals surface area contributed by atoms with Gasteiger partial charge in [0.25, 0.3) is 0 Å². The summed E-state index contributed by atoms with van der Waals surface area (Å²) in [6, 6.07) is 0. The fourth-order valence-electron chi connectivity index (χ4n) is 15.9. The highest BCUT2D eigenvalue weighted by atomic mass is 16.8. The molecule has 10 fully saturated rings. The van der Waals surface area contributed by atoms with Crippen molar-refractivity contribution in [2.75, 3.05) is 33.0 Å². The predicted molar refractivity (Wildman–Crippen MR) is 244 cm³/mol. The summed E-state index contributed by atoms with van der Waals surface area (Å²) >= 11 is 0. The SMILES string of the molecule is CC1CC[C@@]2(OC1)OC1CC3[C@@H]4CCC5C[C@@H](OC6O[C@H](CO)[C@H](O[C@@H]7OC(CO)[C@@H](O)C(O[C@@H]8OC[C@@H](O)C(O)[C@H]8O)[C@H]7OC7O[C@H](CO)C(O)[C@H](O)C7O)[C@H](O)C6O)C(O)C[C@]5(C)C4CC[C@]3(C)C1C2C. The van der Waals surface area contributed by atoms with Gasteiger partial charge in [0.2, 0.25) is 0 Å². The molecule has 0 aromatic rings. The Morgan fingerprint density at radius 2 is 1.15 bits per heavy atom. The van der Waals surface area contributed by atoms with Crippen molar-refractivity contribution in [3.05, 3.63) is 0 Å². The molecule has 0 amide bonds. The second kappa shape index (κ2) is 21.3. The van der Waals surface area contributed by atoms with Gasteiger partial charge in [-0.05, 0) is 97.7 Å². The number of aliphatic hydroxyl groups is 13. The number of hydrogen-bond acceptors (Lipinski definition) is 23. The van der Waals surface area contributed by atoms with Crippen LogP contribution in [0.25, 0.3) is 0 Å². The Bertz CT molecular complexity index is 1860. The molecule has 23 heteroatoms. The van der Waals surface area contributed by atoms with Crippen LogP contribution in [0.3, 0.4) is 0 Å².